The standard InChI is InChI=1S/C27H20N4O6S/c1-34-18-9-22(36-14-15-4-3-5-16(8-15)17-6-7-20(25(32)33)28-12-17)19-11-24(37-23(19)10-18)21-13-29-26-31(21)30-27(35-2)38-26/h3-13H,14H2,1-2H3,(H,32,33). The molecule has 4 aromatic heterocycles. The van der Waals surface area contributed by atoms with Gasteiger partial charge in [0.1, 0.15) is 35.1 Å². The van der Waals surface area contributed by atoms with Gasteiger partial charge in [-0.3, -0.25) is 0 Å². The minimum absolute atomic E-state index is 0.000316. The molecule has 1 N–H and O–H groups in total. The van der Waals surface area contributed by atoms with Gasteiger partial charge in [-0.2, -0.15) is 4.52 Å². The maximum Gasteiger partial charge on any atom is 0.354 e. The largest absolute Gasteiger partial charge is 0.496 e. The Labute approximate surface area is 219 Å². The highest BCUT2D eigenvalue weighted by Crippen LogP contribution is 2.38. The SMILES string of the molecule is COc1cc(OCc2cccc(-c3ccc(C(=O)O)nc3)c2)c2cc(-c3cnc4sc(OC)nn34)oc2c1. The molecule has 38 heavy (non-hydrogen) atoms. The summed E-state index contributed by atoms with van der Waals surface area (Å²) in [5.41, 5.74) is 3.93. The van der Waals surface area contributed by atoms with Gasteiger partial charge in [-0.15, -0.1) is 5.10 Å². The molecule has 0 radical (unpaired) electrons. The van der Waals surface area contributed by atoms with E-state index in [9.17, 15) is 4.79 Å². The highest BCUT2D eigenvalue weighted by Gasteiger charge is 2.18. The average Bonchev–Trinajstić information content (AvgIpc) is 3.65. The monoisotopic (exact) mass is 528 g/mol. The number of hydrogen-bond acceptors (Lipinski definition) is 9. The van der Waals surface area contributed by atoms with Gasteiger partial charge < -0.3 is 23.7 Å². The molecule has 11 heteroatoms. The van der Waals surface area contributed by atoms with Crippen LogP contribution in [0.5, 0.6) is 16.7 Å². The number of aromatic nitrogens is 4. The Morgan fingerprint density at radius 3 is 2.68 bits per heavy atom. The summed E-state index contributed by atoms with van der Waals surface area (Å²) in [6.07, 6.45) is 3.25. The first-order chi connectivity index (χ1) is 18.5. The molecule has 0 unspecified atom stereocenters. The van der Waals surface area contributed by atoms with Crippen LogP contribution in [0, 0.1) is 0 Å². The summed E-state index contributed by atoms with van der Waals surface area (Å²) in [6, 6.07) is 16.5. The van der Waals surface area contributed by atoms with Gasteiger partial charge in [0.25, 0.3) is 5.19 Å². The van der Waals surface area contributed by atoms with Crippen molar-refractivity contribution in [2.75, 3.05) is 14.2 Å². The molecule has 0 atom stereocenters. The third-order valence-electron chi connectivity index (χ3n) is 5.94. The zero-order valence-corrected chi connectivity index (χ0v) is 21.1. The van der Waals surface area contributed by atoms with Gasteiger partial charge in [0, 0.05) is 23.9 Å². The molecule has 10 nitrogen and oxygen atoms in total. The quantitative estimate of drug-likeness (QED) is 0.271. The fraction of sp³-hybridized carbons (Fsp3) is 0.111. The van der Waals surface area contributed by atoms with E-state index in [1.807, 2.05) is 36.4 Å². The van der Waals surface area contributed by atoms with E-state index in [2.05, 4.69) is 15.1 Å². The van der Waals surface area contributed by atoms with Crippen LogP contribution in [0.4, 0.5) is 0 Å². The van der Waals surface area contributed by atoms with E-state index in [4.69, 9.17) is 23.7 Å². The Morgan fingerprint density at radius 2 is 1.92 bits per heavy atom. The van der Waals surface area contributed by atoms with Crippen LogP contribution in [-0.2, 0) is 6.61 Å². The summed E-state index contributed by atoms with van der Waals surface area (Å²) in [7, 11) is 3.15. The second-order valence-corrected chi connectivity index (χ2v) is 9.20. The minimum Gasteiger partial charge on any atom is -0.496 e. The number of fused-ring (bicyclic) bond motifs is 2. The van der Waals surface area contributed by atoms with Gasteiger partial charge in [0.05, 0.1) is 25.8 Å². The zero-order valence-electron chi connectivity index (χ0n) is 20.2. The van der Waals surface area contributed by atoms with E-state index >= 15 is 0 Å². The van der Waals surface area contributed by atoms with Crippen molar-refractivity contribution in [3.63, 3.8) is 0 Å². The van der Waals surface area contributed by atoms with Crippen molar-refractivity contribution in [3.05, 3.63) is 78.2 Å². The molecule has 2 aromatic carbocycles. The van der Waals surface area contributed by atoms with E-state index in [1.165, 1.54) is 17.4 Å². The number of carbonyl (C=O) groups is 1. The van der Waals surface area contributed by atoms with Crippen molar-refractivity contribution in [1.82, 2.24) is 19.6 Å². The second-order valence-electron chi connectivity index (χ2n) is 8.28. The van der Waals surface area contributed by atoms with Crippen LogP contribution in [0.3, 0.4) is 0 Å². The van der Waals surface area contributed by atoms with Crippen LogP contribution in [0.2, 0.25) is 0 Å². The number of benzene rings is 2. The molecule has 0 saturated heterocycles. The Balaban J connectivity index is 1.30. The number of nitrogens with zero attached hydrogens (tertiary/aromatic N) is 4. The number of rotatable bonds is 8. The third kappa shape index (κ3) is 4.28. The summed E-state index contributed by atoms with van der Waals surface area (Å²) in [5.74, 6) is 0.719. The molecule has 6 rings (SSSR count). The van der Waals surface area contributed by atoms with Crippen molar-refractivity contribution in [1.29, 1.82) is 0 Å². The topological polar surface area (TPSA) is 121 Å². The Kier molecular flexibility index (Phi) is 5.89. The fourth-order valence-corrected chi connectivity index (χ4v) is 4.76. The van der Waals surface area contributed by atoms with E-state index in [0.717, 1.165) is 22.1 Å². The number of pyridine rings is 1. The van der Waals surface area contributed by atoms with Crippen LogP contribution < -0.4 is 14.2 Å². The molecule has 0 aliphatic heterocycles. The number of aromatic carboxylic acids is 1. The predicted octanol–water partition coefficient (Wildman–Crippen LogP) is 5.56. The molecule has 0 saturated carbocycles. The molecular formula is C27H20N4O6S. The number of carboxylic acids is 1. The fourth-order valence-electron chi connectivity index (χ4n) is 4.06. The van der Waals surface area contributed by atoms with Crippen molar-refractivity contribution >= 4 is 33.2 Å². The second kappa shape index (κ2) is 9.52. The van der Waals surface area contributed by atoms with Crippen molar-refractivity contribution < 1.29 is 28.5 Å². The number of carboxylic acid groups (broad SMARTS) is 1. The van der Waals surface area contributed by atoms with Gasteiger partial charge in [0.15, 0.2) is 5.76 Å². The number of imidazole rings is 1. The van der Waals surface area contributed by atoms with Crippen molar-refractivity contribution in [2.24, 2.45) is 0 Å². The summed E-state index contributed by atoms with van der Waals surface area (Å²) < 4.78 is 24.8. The molecular weight excluding hydrogens is 508 g/mol. The Bertz CT molecular complexity index is 1790. The van der Waals surface area contributed by atoms with Gasteiger partial charge in [0.2, 0.25) is 4.96 Å². The molecule has 6 aromatic rings. The lowest BCUT2D eigenvalue weighted by Crippen LogP contribution is -1.99. The first-order valence-electron chi connectivity index (χ1n) is 11.4. The first kappa shape index (κ1) is 23.5. The summed E-state index contributed by atoms with van der Waals surface area (Å²) in [6.45, 7) is 0.289. The average molecular weight is 529 g/mol. The van der Waals surface area contributed by atoms with E-state index in [0.29, 0.717) is 38.7 Å². The number of furan rings is 1. The van der Waals surface area contributed by atoms with Gasteiger partial charge in [-0.05, 0) is 40.7 Å². The number of hydrogen-bond donors (Lipinski definition) is 1. The number of methoxy groups -OCH3 is 2. The highest BCUT2D eigenvalue weighted by atomic mass is 32.1. The predicted molar refractivity (Wildman–Crippen MR) is 140 cm³/mol. The Hall–Kier alpha value is -4.90. The van der Waals surface area contributed by atoms with E-state index < -0.39 is 5.97 Å². The molecule has 0 bridgehead atoms. The Morgan fingerprint density at radius 1 is 1.03 bits per heavy atom. The molecule has 0 aliphatic rings. The van der Waals surface area contributed by atoms with Crippen LogP contribution in [-0.4, -0.2) is 44.9 Å². The maximum absolute atomic E-state index is 11.1. The van der Waals surface area contributed by atoms with E-state index in [-0.39, 0.29) is 12.3 Å². The lowest BCUT2D eigenvalue weighted by Gasteiger charge is -2.10. The summed E-state index contributed by atoms with van der Waals surface area (Å²) >= 11 is 1.34. The van der Waals surface area contributed by atoms with Crippen molar-refractivity contribution in [2.45, 2.75) is 6.61 Å². The third-order valence-corrected chi connectivity index (χ3v) is 6.82. The first-order valence-corrected chi connectivity index (χ1v) is 12.3. The van der Waals surface area contributed by atoms with Crippen LogP contribution in [0.15, 0.2) is 71.4 Å². The highest BCUT2D eigenvalue weighted by molar-refractivity contribution is 7.18. The van der Waals surface area contributed by atoms with E-state index in [1.54, 1.807) is 43.3 Å². The summed E-state index contributed by atoms with van der Waals surface area (Å²) in [5, 5.41) is 14.8. The molecule has 0 spiro atoms. The van der Waals surface area contributed by atoms with Gasteiger partial charge in [-0.1, -0.05) is 24.3 Å². The smallest absolute Gasteiger partial charge is 0.354 e. The van der Waals surface area contributed by atoms with Gasteiger partial charge in [-0.25, -0.2) is 14.8 Å². The van der Waals surface area contributed by atoms with Crippen LogP contribution in [0.1, 0.15) is 16.1 Å². The van der Waals surface area contributed by atoms with Crippen LogP contribution >= 0.6 is 11.3 Å². The lowest BCUT2D eigenvalue weighted by molar-refractivity contribution is 0.0690. The normalized spacial score (nSPS) is 11.2. The molecule has 4 heterocycles. The zero-order chi connectivity index (χ0) is 26.2. The maximum atomic E-state index is 11.1. The molecule has 0 amide bonds. The van der Waals surface area contributed by atoms with Gasteiger partial charge >= 0.3 is 5.97 Å². The molecule has 0 fully saturated rings. The minimum atomic E-state index is -1.06. The number of ether oxygens (including phenoxy) is 3. The molecule has 190 valence electrons. The van der Waals surface area contributed by atoms with Crippen LogP contribution in [0.25, 0.3) is 38.5 Å². The van der Waals surface area contributed by atoms with Crippen molar-refractivity contribution in [3.8, 4) is 39.3 Å². The lowest BCUT2D eigenvalue weighted by atomic mass is 10.0. The molecule has 0 aliphatic carbocycles. The summed E-state index contributed by atoms with van der Waals surface area (Å²) in [4.78, 5) is 20.2.